The molecule has 1 aliphatic heterocycles. The van der Waals surface area contributed by atoms with E-state index in [-0.39, 0.29) is 24.5 Å². The van der Waals surface area contributed by atoms with Gasteiger partial charge in [0.1, 0.15) is 6.61 Å². The maximum absolute atomic E-state index is 12.2. The molecule has 6 nitrogen and oxygen atoms in total. The smallest absolute Gasteiger partial charge is 0.251 e. The van der Waals surface area contributed by atoms with E-state index in [0.717, 1.165) is 18.4 Å². The third kappa shape index (κ3) is 5.62. The van der Waals surface area contributed by atoms with Crippen molar-refractivity contribution < 1.29 is 19.1 Å². The number of methoxy groups -OCH3 is 1. The number of aryl methyl sites for hydroxylation is 1. The van der Waals surface area contributed by atoms with Crippen molar-refractivity contribution in [1.29, 1.82) is 0 Å². The lowest BCUT2D eigenvalue weighted by Gasteiger charge is -2.32. The summed E-state index contributed by atoms with van der Waals surface area (Å²) in [6, 6.07) is 7.64. The van der Waals surface area contributed by atoms with Crippen molar-refractivity contribution in [3.63, 3.8) is 0 Å². The molecule has 132 valence electrons. The number of hydrogen-bond acceptors (Lipinski definition) is 4. The summed E-state index contributed by atoms with van der Waals surface area (Å²) < 4.78 is 10.1. The van der Waals surface area contributed by atoms with Crippen molar-refractivity contribution >= 4 is 11.8 Å². The van der Waals surface area contributed by atoms with Gasteiger partial charge in [-0.15, -0.1) is 0 Å². The molecule has 1 aliphatic rings. The molecule has 6 heteroatoms. The molecule has 0 unspecified atom stereocenters. The molecule has 0 saturated carbocycles. The van der Waals surface area contributed by atoms with Crippen molar-refractivity contribution in [2.75, 3.05) is 40.0 Å². The summed E-state index contributed by atoms with van der Waals surface area (Å²) in [5, 5.41) is 3.05. The molecule has 0 spiro atoms. The number of carbonyl (C=O) groups is 2. The van der Waals surface area contributed by atoms with Gasteiger partial charge in [-0.3, -0.25) is 9.59 Å². The number of ether oxygens (including phenoxy) is 2. The molecule has 0 atom stereocenters. The van der Waals surface area contributed by atoms with Gasteiger partial charge in [0.25, 0.3) is 5.91 Å². The molecule has 1 heterocycles. The first-order chi connectivity index (χ1) is 11.6. The van der Waals surface area contributed by atoms with Crippen molar-refractivity contribution in [2.45, 2.75) is 25.8 Å². The highest BCUT2D eigenvalue weighted by Crippen LogP contribution is 2.12. The number of hydrogen-bond donors (Lipinski definition) is 1. The largest absolute Gasteiger partial charge is 0.382 e. The Labute approximate surface area is 143 Å². The Kier molecular flexibility index (Phi) is 7.21. The summed E-state index contributed by atoms with van der Waals surface area (Å²) in [7, 11) is 1.60. The Morgan fingerprint density at radius 3 is 2.46 bits per heavy atom. The first-order valence-electron chi connectivity index (χ1n) is 8.32. The molecule has 0 radical (unpaired) electrons. The second kappa shape index (κ2) is 9.39. The van der Waals surface area contributed by atoms with Gasteiger partial charge >= 0.3 is 0 Å². The minimum atomic E-state index is -0.0531. The van der Waals surface area contributed by atoms with Crippen LogP contribution in [-0.4, -0.2) is 62.8 Å². The van der Waals surface area contributed by atoms with Crippen LogP contribution in [0, 0.1) is 6.92 Å². The number of likely N-dealkylation sites (tertiary alicyclic amines) is 1. The number of benzene rings is 1. The third-order valence-corrected chi connectivity index (χ3v) is 4.15. The molecule has 1 aromatic rings. The average molecular weight is 334 g/mol. The summed E-state index contributed by atoms with van der Waals surface area (Å²) in [6.07, 6.45) is 1.53. The number of carbonyl (C=O) groups excluding carboxylic acids is 2. The SMILES string of the molecule is COCCOCC(=O)N1CCC(NC(=O)c2ccc(C)cc2)CC1. The number of amides is 2. The minimum Gasteiger partial charge on any atom is -0.382 e. The average Bonchev–Trinajstić information content (AvgIpc) is 2.59. The lowest BCUT2D eigenvalue weighted by Crippen LogP contribution is -2.47. The van der Waals surface area contributed by atoms with Gasteiger partial charge in [0, 0.05) is 31.8 Å². The van der Waals surface area contributed by atoms with Crippen LogP contribution in [0.4, 0.5) is 0 Å². The normalized spacial score (nSPS) is 15.3. The molecule has 0 aromatic heterocycles. The van der Waals surface area contributed by atoms with Crippen LogP contribution >= 0.6 is 0 Å². The zero-order valence-corrected chi connectivity index (χ0v) is 14.4. The van der Waals surface area contributed by atoms with E-state index in [0.29, 0.717) is 31.9 Å². The molecule has 2 rings (SSSR count). The van der Waals surface area contributed by atoms with E-state index in [9.17, 15) is 9.59 Å². The van der Waals surface area contributed by atoms with Gasteiger partial charge < -0.3 is 19.7 Å². The highest BCUT2D eigenvalue weighted by atomic mass is 16.5. The van der Waals surface area contributed by atoms with Crippen molar-refractivity contribution in [2.24, 2.45) is 0 Å². The number of nitrogens with zero attached hydrogens (tertiary/aromatic N) is 1. The van der Waals surface area contributed by atoms with Crippen LogP contribution in [0.25, 0.3) is 0 Å². The van der Waals surface area contributed by atoms with E-state index in [1.807, 2.05) is 31.2 Å². The lowest BCUT2D eigenvalue weighted by atomic mass is 10.0. The molecule has 0 bridgehead atoms. The number of nitrogens with one attached hydrogen (secondary N) is 1. The predicted octanol–water partition coefficient (Wildman–Crippen LogP) is 1.38. The molecular formula is C18H26N2O4. The van der Waals surface area contributed by atoms with E-state index in [4.69, 9.17) is 9.47 Å². The highest BCUT2D eigenvalue weighted by molar-refractivity contribution is 5.94. The van der Waals surface area contributed by atoms with Crippen LogP contribution in [0.5, 0.6) is 0 Å². The Hall–Kier alpha value is -1.92. The molecule has 1 fully saturated rings. The van der Waals surface area contributed by atoms with Crippen LogP contribution in [0.2, 0.25) is 0 Å². The van der Waals surface area contributed by atoms with Crippen molar-refractivity contribution in [3.05, 3.63) is 35.4 Å². The maximum Gasteiger partial charge on any atom is 0.251 e. The molecule has 1 saturated heterocycles. The van der Waals surface area contributed by atoms with Crippen LogP contribution in [-0.2, 0) is 14.3 Å². The second-order valence-electron chi connectivity index (χ2n) is 6.04. The van der Waals surface area contributed by atoms with E-state index in [2.05, 4.69) is 5.32 Å². The van der Waals surface area contributed by atoms with E-state index in [1.165, 1.54) is 0 Å². The van der Waals surface area contributed by atoms with Crippen molar-refractivity contribution in [3.8, 4) is 0 Å². The Balaban J connectivity index is 1.71. The van der Waals surface area contributed by atoms with Gasteiger partial charge in [-0.25, -0.2) is 0 Å². The van der Waals surface area contributed by atoms with Crippen LogP contribution < -0.4 is 5.32 Å². The zero-order chi connectivity index (χ0) is 17.4. The van der Waals surface area contributed by atoms with Gasteiger partial charge in [0.15, 0.2) is 0 Å². The first kappa shape index (κ1) is 18.4. The summed E-state index contributed by atoms with van der Waals surface area (Å²) in [6.45, 7) is 4.28. The van der Waals surface area contributed by atoms with Crippen molar-refractivity contribution in [1.82, 2.24) is 10.2 Å². The molecule has 1 aromatic carbocycles. The van der Waals surface area contributed by atoms with Gasteiger partial charge in [0.05, 0.1) is 13.2 Å². The molecular weight excluding hydrogens is 308 g/mol. The number of piperidine rings is 1. The predicted molar refractivity (Wildman–Crippen MR) is 90.9 cm³/mol. The van der Waals surface area contributed by atoms with Gasteiger partial charge in [0.2, 0.25) is 5.91 Å². The fourth-order valence-electron chi connectivity index (χ4n) is 2.64. The van der Waals surface area contributed by atoms with E-state index < -0.39 is 0 Å². The highest BCUT2D eigenvalue weighted by Gasteiger charge is 2.24. The van der Waals surface area contributed by atoms with Crippen LogP contribution in [0.15, 0.2) is 24.3 Å². The standard InChI is InChI=1S/C18H26N2O4/c1-14-3-5-15(6-4-14)18(22)19-16-7-9-20(10-8-16)17(21)13-24-12-11-23-2/h3-6,16H,7-13H2,1-2H3,(H,19,22). The topological polar surface area (TPSA) is 67.9 Å². The summed E-state index contributed by atoms with van der Waals surface area (Å²) >= 11 is 0. The quantitative estimate of drug-likeness (QED) is 0.765. The summed E-state index contributed by atoms with van der Waals surface area (Å²) in [4.78, 5) is 26.0. The third-order valence-electron chi connectivity index (χ3n) is 4.15. The summed E-state index contributed by atoms with van der Waals surface area (Å²) in [5.41, 5.74) is 1.80. The van der Waals surface area contributed by atoms with Gasteiger partial charge in [-0.2, -0.15) is 0 Å². The minimum absolute atomic E-state index is 0.00517. The van der Waals surface area contributed by atoms with E-state index >= 15 is 0 Å². The molecule has 24 heavy (non-hydrogen) atoms. The second-order valence-corrected chi connectivity index (χ2v) is 6.04. The molecule has 0 aliphatic carbocycles. The Morgan fingerprint density at radius 2 is 1.83 bits per heavy atom. The maximum atomic E-state index is 12.2. The van der Waals surface area contributed by atoms with Crippen LogP contribution in [0.3, 0.4) is 0 Å². The number of rotatable bonds is 7. The Morgan fingerprint density at radius 1 is 1.17 bits per heavy atom. The molecule has 2 amide bonds. The van der Waals surface area contributed by atoms with Crippen LogP contribution in [0.1, 0.15) is 28.8 Å². The van der Waals surface area contributed by atoms with Gasteiger partial charge in [-0.05, 0) is 31.9 Å². The lowest BCUT2D eigenvalue weighted by molar-refractivity contribution is -0.137. The Bertz CT molecular complexity index is 536. The van der Waals surface area contributed by atoms with E-state index in [1.54, 1.807) is 12.0 Å². The first-order valence-corrected chi connectivity index (χ1v) is 8.32. The zero-order valence-electron chi connectivity index (χ0n) is 14.4. The fourth-order valence-corrected chi connectivity index (χ4v) is 2.64. The summed E-state index contributed by atoms with van der Waals surface area (Å²) in [5.74, 6) is -0.0583. The van der Waals surface area contributed by atoms with Gasteiger partial charge in [-0.1, -0.05) is 17.7 Å². The molecule has 1 N–H and O–H groups in total. The monoisotopic (exact) mass is 334 g/mol. The fraction of sp³-hybridized carbons (Fsp3) is 0.556.